The lowest BCUT2D eigenvalue weighted by Crippen LogP contribution is -2.50. The van der Waals surface area contributed by atoms with Gasteiger partial charge in [-0.3, -0.25) is 0 Å². The minimum absolute atomic E-state index is 0.295. The number of hydrogen-bond acceptors (Lipinski definition) is 2. The largest absolute Gasteiger partial charge is 0.414 e. The maximum absolute atomic E-state index is 9.35. The van der Waals surface area contributed by atoms with Crippen LogP contribution in [0.1, 0.15) is 73.1 Å². The van der Waals surface area contributed by atoms with Gasteiger partial charge in [0.05, 0.1) is 0 Å². The first-order valence-corrected chi connectivity index (χ1v) is 12.7. The molecule has 0 radical (unpaired) electrons. The van der Waals surface area contributed by atoms with Crippen molar-refractivity contribution in [1.29, 1.82) is 0 Å². The van der Waals surface area contributed by atoms with E-state index in [4.69, 9.17) is 4.43 Å². The van der Waals surface area contributed by atoms with Gasteiger partial charge in [0.1, 0.15) is 0 Å². The highest BCUT2D eigenvalue weighted by molar-refractivity contribution is 6.74. The normalized spacial score (nSPS) is 36.8. The van der Waals surface area contributed by atoms with Crippen LogP contribution in [0.3, 0.4) is 0 Å². The lowest BCUT2D eigenvalue weighted by Gasteiger charge is -2.50. The molecular weight excluding hydrogens is 300 g/mol. The quantitative estimate of drug-likeness (QED) is 0.659. The van der Waals surface area contributed by atoms with Crippen molar-refractivity contribution in [1.82, 2.24) is 0 Å². The number of rotatable bonds is 5. The first-order valence-electron chi connectivity index (χ1n) is 9.81. The molecule has 0 unspecified atom stereocenters. The Kier molecular flexibility index (Phi) is 5.75. The molecule has 0 heterocycles. The molecule has 0 aliphatic heterocycles. The molecule has 2 fully saturated rings. The van der Waals surface area contributed by atoms with E-state index in [1.807, 2.05) is 0 Å². The molecule has 3 heteroatoms. The third kappa shape index (κ3) is 3.72. The summed E-state index contributed by atoms with van der Waals surface area (Å²) in [5, 5.41) is 9.65. The molecule has 0 aromatic carbocycles. The van der Waals surface area contributed by atoms with E-state index in [1.165, 1.54) is 32.1 Å². The van der Waals surface area contributed by atoms with Crippen molar-refractivity contribution in [3.8, 4) is 0 Å². The second kappa shape index (κ2) is 6.80. The van der Waals surface area contributed by atoms with Gasteiger partial charge in [-0.05, 0) is 73.4 Å². The Morgan fingerprint density at radius 3 is 2.43 bits per heavy atom. The van der Waals surface area contributed by atoms with Crippen LogP contribution < -0.4 is 0 Å². The summed E-state index contributed by atoms with van der Waals surface area (Å²) in [6.07, 6.45) is 8.02. The maximum atomic E-state index is 9.35. The molecule has 0 spiro atoms. The first-order chi connectivity index (χ1) is 10.5. The predicted molar refractivity (Wildman–Crippen MR) is 101 cm³/mol. The van der Waals surface area contributed by atoms with Crippen LogP contribution >= 0.6 is 0 Å². The number of fused-ring (bicyclic) bond motifs is 1. The average molecular weight is 341 g/mol. The summed E-state index contributed by atoms with van der Waals surface area (Å²) < 4.78 is 6.90. The van der Waals surface area contributed by atoms with E-state index in [9.17, 15) is 5.11 Å². The molecule has 23 heavy (non-hydrogen) atoms. The molecule has 136 valence electrons. The fourth-order valence-corrected chi connectivity index (χ4v) is 6.59. The van der Waals surface area contributed by atoms with Gasteiger partial charge in [-0.1, -0.05) is 41.0 Å². The summed E-state index contributed by atoms with van der Waals surface area (Å²) in [7, 11) is -1.69. The smallest absolute Gasteiger partial charge is 0.192 e. The zero-order valence-corrected chi connectivity index (χ0v) is 17.6. The molecule has 1 N–H and O–H groups in total. The second-order valence-corrected chi connectivity index (χ2v) is 14.9. The SMILES string of the molecule is C[C@H](CCO)[C@H]1CC[C@H]2[C@@H](O[Si](C)(C)C(C)(C)C)CCC[C@]12C. The highest BCUT2D eigenvalue weighted by Crippen LogP contribution is 2.59. The van der Waals surface area contributed by atoms with Gasteiger partial charge in [0.25, 0.3) is 0 Å². The Morgan fingerprint density at radius 2 is 1.87 bits per heavy atom. The lowest BCUT2D eigenvalue weighted by atomic mass is 9.61. The van der Waals surface area contributed by atoms with Crippen LogP contribution in [-0.4, -0.2) is 26.1 Å². The van der Waals surface area contributed by atoms with Crippen molar-refractivity contribution in [2.24, 2.45) is 23.2 Å². The van der Waals surface area contributed by atoms with Crippen LogP contribution in [0.2, 0.25) is 18.1 Å². The minimum atomic E-state index is -1.69. The van der Waals surface area contributed by atoms with Gasteiger partial charge in [0.2, 0.25) is 0 Å². The third-order valence-electron chi connectivity index (χ3n) is 7.66. The first kappa shape index (κ1) is 19.5. The molecule has 2 aliphatic rings. The molecule has 0 aromatic heterocycles. The van der Waals surface area contributed by atoms with E-state index in [1.54, 1.807) is 0 Å². The van der Waals surface area contributed by atoms with Gasteiger partial charge in [0.15, 0.2) is 8.32 Å². The summed E-state index contributed by atoms with van der Waals surface area (Å²) in [6.45, 7) is 17.1. The van der Waals surface area contributed by atoms with Crippen molar-refractivity contribution in [2.75, 3.05) is 6.61 Å². The molecule has 2 aliphatic carbocycles. The monoisotopic (exact) mass is 340 g/mol. The molecule has 0 amide bonds. The van der Waals surface area contributed by atoms with Crippen LogP contribution in [0, 0.1) is 23.2 Å². The Morgan fingerprint density at radius 1 is 1.22 bits per heavy atom. The van der Waals surface area contributed by atoms with Crippen LogP contribution in [-0.2, 0) is 4.43 Å². The fraction of sp³-hybridized carbons (Fsp3) is 1.00. The van der Waals surface area contributed by atoms with Crippen molar-refractivity contribution in [3.05, 3.63) is 0 Å². The molecule has 2 nitrogen and oxygen atoms in total. The number of hydrogen-bond donors (Lipinski definition) is 1. The van der Waals surface area contributed by atoms with Gasteiger partial charge in [0, 0.05) is 12.7 Å². The van der Waals surface area contributed by atoms with Crippen molar-refractivity contribution < 1.29 is 9.53 Å². The van der Waals surface area contributed by atoms with Crippen molar-refractivity contribution in [2.45, 2.75) is 97.4 Å². The lowest BCUT2D eigenvalue weighted by molar-refractivity contribution is -0.0223. The van der Waals surface area contributed by atoms with E-state index >= 15 is 0 Å². The average Bonchev–Trinajstić information content (AvgIpc) is 2.75. The van der Waals surface area contributed by atoms with Gasteiger partial charge >= 0.3 is 0 Å². The Balaban J connectivity index is 2.15. The molecule has 5 atom stereocenters. The van der Waals surface area contributed by atoms with Crippen molar-refractivity contribution >= 4 is 8.32 Å². The van der Waals surface area contributed by atoms with Crippen LogP contribution in [0.15, 0.2) is 0 Å². The Labute approximate surface area is 145 Å². The molecule has 0 bridgehead atoms. The Bertz CT molecular complexity index is 401. The van der Waals surface area contributed by atoms with Gasteiger partial charge < -0.3 is 9.53 Å². The topological polar surface area (TPSA) is 29.5 Å². The zero-order chi connectivity index (χ0) is 17.5. The van der Waals surface area contributed by atoms with Crippen molar-refractivity contribution in [3.63, 3.8) is 0 Å². The van der Waals surface area contributed by atoms with Crippen LogP contribution in [0.5, 0.6) is 0 Å². The van der Waals surface area contributed by atoms with E-state index in [0.29, 0.717) is 29.1 Å². The summed E-state index contributed by atoms with van der Waals surface area (Å²) in [6, 6.07) is 0. The molecule has 2 saturated carbocycles. The summed E-state index contributed by atoms with van der Waals surface area (Å²) in [4.78, 5) is 0. The van der Waals surface area contributed by atoms with Gasteiger partial charge in [-0.2, -0.15) is 0 Å². The van der Waals surface area contributed by atoms with Gasteiger partial charge in [-0.25, -0.2) is 0 Å². The van der Waals surface area contributed by atoms with E-state index < -0.39 is 8.32 Å². The fourth-order valence-electron chi connectivity index (χ4n) is 5.20. The third-order valence-corrected chi connectivity index (χ3v) is 12.2. The molecule has 0 aromatic rings. The summed E-state index contributed by atoms with van der Waals surface area (Å²) in [5.41, 5.74) is 0.430. The molecular formula is C20H40O2Si. The van der Waals surface area contributed by atoms with E-state index in [0.717, 1.165) is 18.3 Å². The number of aliphatic hydroxyl groups excluding tert-OH is 1. The summed E-state index contributed by atoms with van der Waals surface area (Å²) in [5.74, 6) is 2.14. The molecule has 2 rings (SSSR count). The maximum Gasteiger partial charge on any atom is 0.192 e. The van der Waals surface area contributed by atoms with Gasteiger partial charge in [-0.15, -0.1) is 0 Å². The van der Waals surface area contributed by atoms with E-state index in [2.05, 4.69) is 47.7 Å². The zero-order valence-electron chi connectivity index (χ0n) is 16.6. The minimum Gasteiger partial charge on any atom is -0.414 e. The highest BCUT2D eigenvalue weighted by Gasteiger charge is 2.54. The molecule has 0 saturated heterocycles. The Hall–Kier alpha value is 0.137. The van der Waals surface area contributed by atoms with E-state index in [-0.39, 0.29) is 0 Å². The second-order valence-electron chi connectivity index (χ2n) is 10.1. The summed E-state index contributed by atoms with van der Waals surface area (Å²) >= 11 is 0. The van der Waals surface area contributed by atoms with Crippen LogP contribution in [0.25, 0.3) is 0 Å². The predicted octanol–water partition coefficient (Wildman–Crippen LogP) is 5.61. The highest BCUT2D eigenvalue weighted by atomic mass is 28.4. The standard InChI is InChI=1S/C20H40O2Si/c1-15(12-14-21)16-10-11-17-18(9-8-13-20(16,17)5)22-23(6,7)19(2,3)4/h15-18,21H,8-14H2,1-7H3/t15-,16-,17+,18+,20-/m1/s1. The number of aliphatic hydroxyl groups is 1. The van der Waals surface area contributed by atoms with Crippen LogP contribution in [0.4, 0.5) is 0 Å².